The maximum absolute atomic E-state index is 3.94. The Morgan fingerprint density at radius 3 is 2.50 bits per heavy atom. The molecule has 0 aromatic carbocycles. The van der Waals surface area contributed by atoms with Crippen molar-refractivity contribution in [2.24, 2.45) is 0 Å². The van der Waals surface area contributed by atoms with Gasteiger partial charge in [0.2, 0.25) is 0 Å². The molecule has 0 aliphatic carbocycles. The summed E-state index contributed by atoms with van der Waals surface area (Å²) in [6.45, 7) is 11.7. The smallest absolute Gasteiger partial charge is 0.00379 e. The summed E-state index contributed by atoms with van der Waals surface area (Å²) in [7, 11) is 0. The molecule has 0 bridgehead atoms. The van der Waals surface area contributed by atoms with E-state index in [0.29, 0.717) is 0 Å². The monoisotopic (exact) mass is 136 g/mol. The molecule has 0 saturated carbocycles. The Balaban J connectivity index is 3.69. The average molecular weight is 136 g/mol. The third-order valence-electron chi connectivity index (χ3n) is 1.42. The van der Waals surface area contributed by atoms with Crippen molar-refractivity contribution >= 4 is 0 Å². The molecule has 0 amide bonds. The lowest BCUT2D eigenvalue weighted by atomic mass is 10.1. The Labute approximate surface area is 64.0 Å². The summed E-state index contributed by atoms with van der Waals surface area (Å²) in [6, 6.07) is 0. The van der Waals surface area contributed by atoms with Crippen LogP contribution in [0.4, 0.5) is 0 Å². The Morgan fingerprint density at radius 2 is 2.10 bits per heavy atom. The Hall–Kier alpha value is -0.740. The van der Waals surface area contributed by atoms with E-state index in [9.17, 15) is 0 Å². The largest absolute Gasteiger partial charge is 0.130 e. The zero-order chi connectivity index (χ0) is 7.98. The molecule has 0 aliphatic heterocycles. The number of hydrogen-bond donors (Lipinski definition) is 0. The van der Waals surface area contributed by atoms with E-state index >= 15 is 0 Å². The maximum Gasteiger partial charge on any atom is -0.00379 e. The van der Waals surface area contributed by atoms with E-state index in [0.717, 1.165) is 12.8 Å². The van der Waals surface area contributed by atoms with Gasteiger partial charge in [0.15, 0.2) is 0 Å². The highest BCUT2D eigenvalue weighted by molar-refractivity contribution is 5.08. The fraction of sp³-hybridized carbons (Fsp3) is 0.500. The minimum Gasteiger partial charge on any atom is -0.130 e. The molecule has 0 rings (SSSR count). The van der Waals surface area contributed by atoms with Gasteiger partial charge in [-0.25, -0.2) is 0 Å². The van der Waals surface area contributed by atoms with Gasteiger partial charge in [0.05, 0.1) is 0 Å². The molecule has 0 spiro atoms. The van der Waals surface area contributed by atoms with Gasteiger partial charge in [0.1, 0.15) is 0 Å². The van der Waals surface area contributed by atoms with Gasteiger partial charge in [-0.15, -0.1) is 5.73 Å². The molecule has 0 unspecified atom stereocenters. The molecule has 0 radical (unpaired) electrons. The van der Waals surface area contributed by atoms with Gasteiger partial charge in [0, 0.05) is 0 Å². The summed E-state index contributed by atoms with van der Waals surface area (Å²) in [5.41, 5.74) is 5.34. The topological polar surface area (TPSA) is 0 Å². The van der Waals surface area contributed by atoms with Crippen LogP contribution in [0.15, 0.2) is 30.0 Å². The zero-order valence-corrected chi connectivity index (χ0v) is 7.04. The van der Waals surface area contributed by atoms with Gasteiger partial charge in [-0.1, -0.05) is 32.1 Å². The molecule has 56 valence electrons. The molecule has 0 heteroatoms. The first-order chi connectivity index (χ1) is 4.70. The van der Waals surface area contributed by atoms with Gasteiger partial charge in [-0.3, -0.25) is 0 Å². The molecule has 0 N–H and O–H groups in total. The second-order valence-electron chi connectivity index (χ2n) is 2.63. The molecule has 0 aliphatic rings. The number of allylic oxidation sites excluding steroid dienone is 2. The number of rotatable bonds is 4. The second kappa shape index (κ2) is 5.08. The fourth-order valence-electron chi connectivity index (χ4n) is 0.879. The molecule has 0 nitrogen and oxygen atoms in total. The molecular formula is C10H16. The standard InChI is InChI=1S/C10H16/c1-5-7-10(4)8-9(3)6-2/h2,4-5,7-8H2,1,3H3. The van der Waals surface area contributed by atoms with Crippen molar-refractivity contribution in [1.29, 1.82) is 0 Å². The first kappa shape index (κ1) is 9.26. The fourth-order valence-corrected chi connectivity index (χ4v) is 0.879. The Kier molecular flexibility index (Phi) is 4.70. The molecule has 0 heterocycles. The molecule has 0 aromatic heterocycles. The van der Waals surface area contributed by atoms with E-state index in [4.69, 9.17) is 0 Å². The van der Waals surface area contributed by atoms with Crippen LogP contribution >= 0.6 is 0 Å². The van der Waals surface area contributed by atoms with Crippen LogP contribution in [-0.4, -0.2) is 0 Å². The SMILES string of the molecule is C=C=C(C)CC(=C)CCC. The van der Waals surface area contributed by atoms with Crippen LogP contribution in [0, 0.1) is 0 Å². The summed E-state index contributed by atoms with van der Waals surface area (Å²) < 4.78 is 0. The van der Waals surface area contributed by atoms with Crippen molar-refractivity contribution in [3.63, 3.8) is 0 Å². The Morgan fingerprint density at radius 1 is 1.50 bits per heavy atom. The lowest BCUT2D eigenvalue weighted by molar-refractivity contribution is 0.871. The second-order valence-corrected chi connectivity index (χ2v) is 2.63. The van der Waals surface area contributed by atoms with Gasteiger partial charge in [0.25, 0.3) is 0 Å². The highest BCUT2D eigenvalue weighted by atomic mass is 14.0. The van der Waals surface area contributed by atoms with Crippen LogP contribution in [-0.2, 0) is 0 Å². The van der Waals surface area contributed by atoms with Crippen molar-refractivity contribution in [3.8, 4) is 0 Å². The van der Waals surface area contributed by atoms with Crippen LogP contribution in [0.5, 0.6) is 0 Å². The minimum atomic E-state index is 0.970. The summed E-state index contributed by atoms with van der Waals surface area (Å²) >= 11 is 0. The average Bonchev–Trinajstić information content (AvgIpc) is 1.88. The molecule has 0 atom stereocenters. The zero-order valence-electron chi connectivity index (χ0n) is 7.04. The predicted octanol–water partition coefficient (Wildman–Crippen LogP) is 3.46. The maximum atomic E-state index is 3.94. The van der Waals surface area contributed by atoms with E-state index in [-0.39, 0.29) is 0 Å². The highest BCUT2D eigenvalue weighted by Crippen LogP contribution is 2.11. The van der Waals surface area contributed by atoms with Crippen molar-refractivity contribution < 1.29 is 0 Å². The molecule has 0 fully saturated rings. The number of hydrogen-bond acceptors (Lipinski definition) is 0. The van der Waals surface area contributed by atoms with Crippen molar-refractivity contribution in [2.75, 3.05) is 0 Å². The molecule has 0 saturated heterocycles. The molecule has 10 heavy (non-hydrogen) atoms. The van der Waals surface area contributed by atoms with Gasteiger partial charge < -0.3 is 0 Å². The summed E-state index contributed by atoms with van der Waals surface area (Å²) in [4.78, 5) is 0. The first-order valence-corrected chi connectivity index (χ1v) is 3.72. The normalized spacial score (nSPS) is 8.60. The van der Waals surface area contributed by atoms with Crippen LogP contribution in [0.25, 0.3) is 0 Å². The van der Waals surface area contributed by atoms with E-state index in [1.807, 2.05) is 6.92 Å². The van der Waals surface area contributed by atoms with E-state index < -0.39 is 0 Å². The summed E-state index contributed by atoms with van der Waals surface area (Å²) in [5.74, 6) is 0. The minimum absolute atomic E-state index is 0.970. The highest BCUT2D eigenvalue weighted by Gasteiger charge is 1.92. The van der Waals surface area contributed by atoms with Crippen molar-refractivity contribution in [2.45, 2.75) is 33.1 Å². The third kappa shape index (κ3) is 4.17. The van der Waals surface area contributed by atoms with Crippen LogP contribution in [0.1, 0.15) is 33.1 Å². The predicted molar refractivity (Wildman–Crippen MR) is 47.0 cm³/mol. The van der Waals surface area contributed by atoms with E-state index in [1.165, 1.54) is 17.6 Å². The van der Waals surface area contributed by atoms with Crippen molar-refractivity contribution in [1.82, 2.24) is 0 Å². The summed E-state index contributed by atoms with van der Waals surface area (Å²) in [6.07, 6.45) is 3.28. The molecule has 0 aromatic rings. The van der Waals surface area contributed by atoms with Crippen LogP contribution in [0.3, 0.4) is 0 Å². The quantitative estimate of drug-likeness (QED) is 0.410. The lowest BCUT2D eigenvalue weighted by Crippen LogP contribution is -1.81. The Bertz CT molecular complexity index is 157. The van der Waals surface area contributed by atoms with Gasteiger partial charge in [-0.05, 0) is 25.3 Å². The lowest BCUT2D eigenvalue weighted by Gasteiger charge is -2.00. The van der Waals surface area contributed by atoms with Crippen LogP contribution in [0.2, 0.25) is 0 Å². The molecular weight excluding hydrogens is 120 g/mol. The van der Waals surface area contributed by atoms with E-state index in [2.05, 4.69) is 25.8 Å². The third-order valence-corrected chi connectivity index (χ3v) is 1.42. The van der Waals surface area contributed by atoms with Gasteiger partial charge in [-0.2, -0.15) is 0 Å². The van der Waals surface area contributed by atoms with Crippen LogP contribution < -0.4 is 0 Å². The van der Waals surface area contributed by atoms with Crippen molar-refractivity contribution in [3.05, 3.63) is 30.0 Å². The summed E-state index contributed by atoms with van der Waals surface area (Å²) in [5, 5.41) is 0. The first-order valence-electron chi connectivity index (χ1n) is 3.72. The van der Waals surface area contributed by atoms with Gasteiger partial charge >= 0.3 is 0 Å². The van der Waals surface area contributed by atoms with E-state index in [1.54, 1.807) is 0 Å².